The van der Waals surface area contributed by atoms with Crippen molar-refractivity contribution in [3.63, 3.8) is 0 Å². The zero-order chi connectivity index (χ0) is 11.5. The van der Waals surface area contributed by atoms with Crippen LogP contribution in [0.2, 0.25) is 5.02 Å². The summed E-state index contributed by atoms with van der Waals surface area (Å²) in [7, 11) is 0. The highest BCUT2D eigenvalue weighted by molar-refractivity contribution is 6.31. The largest absolute Gasteiger partial charge is 0.459 e. The number of fused-ring (bicyclic) bond motifs is 1. The first-order valence-electron chi connectivity index (χ1n) is 5.23. The topological polar surface area (TPSA) is 48.4 Å². The molecule has 0 aliphatic heterocycles. The van der Waals surface area contributed by atoms with E-state index in [1.165, 1.54) is 0 Å². The first-order valence-corrected chi connectivity index (χ1v) is 5.61. The molecule has 0 spiro atoms. The summed E-state index contributed by atoms with van der Waals surface area (Å²) >= 11 is 5.89. The molecule has 4 heteroatoms. The molecule has 0 aliphatic rings. The standard InChI is InChI=1S/C12H14ClNO2/c1-2-15-7-10(14)12-6-8-5-9(13)3-4-11(8)16-12/h3-6,10H,2,7,14H2,1H3. The maximum absolute atomic E-state index is 5.93. The summed E-state index contributed by atoms with van der Waals surface area (Å²) in [4.78, 5) is 0. The van der Waals surface area contributed by atoms with E-state index in [1.54, 1.807) is 6.07 Å². The van der Waals surface area contributed by atoms with Crippen LogP contribution in [0.4, 0.5) is 0 Å². The maximum atomic E-state index is 5.93. The summed E-state index contributed by atoms with van der Waals surface area (Å²) < 4.78 is 10.9. The summed E-state index contributed by atoms with van der Waals surface area (Å²) in [5.74, 6) is 0.728. The van der Waals surface area contributed by atoms with Crippen molar-refractivity contribution in [2.24, 2.45) is 5.73 Å². The predicted octanol–water partition coefficient (Wildman–Crippen LogP) is 3.12. The van der Waals surface area contributed by atoms with E-state index < -0.39 is 0 Å². The molecule has 1 heterocycles. The quantitative estimate of drug-likeness (QED) is 0.892. The van der Waals surface area contributed by atoms with Crippen molar-refractivity contribution in [2.75, 3.05) is 13.2 Å². The Labute approximate surface area is 99.1 Å². The summed E-state index contributed by atoms with van der Waals surface area (Å²) in [6.45, 7) is 3.05. The van der Waals surface area contributed by atoms with Gasteiger partial charge in [-0.15, -0.1) is 0 Å². The van der Waals surface area contributed by atoms with Crippen LogP contribution < -0.4 is 5.73 Å². The van der Waals surface area contributed by atoms with E-state index in [-0.39, 0.29) is 6.04 Å². The second kappa shape index (κ2) is 4.87. The monoisotopic (exact) mass is 239 g/mol. The van der Waals surface area contributed by atoms with E-state index in [4.69, 9.17) is 26.5 Å². The average molecular weight is 240 g/mol. The van der Waals surface area contributed by atoms with Gasteiger partial charge >= 0.3 is 0 Å². The average Bonchev–Trinajstić information content (AvgIpc) is 2.68. The van der Waals surface area contributed by atoms with Gasteiger partial charge in [0.1, 0.15) is 11.3 Å². The minimum Gasteiger partial charge on any atom is -0.459 e. The Morgan fingerprint density at radius 3 is 3.00 bits per heavy atom. The van der Waals surface area contributed by atoms with Crippen LogP contribution >= 0.6 is 11.6 Å². The SMILES string of the molecule is CCOCC(N)c1cc2cc(Cl)ccc2o1. The number of ether oxygens (including phenoxy) is 1. The van der Waals surface area contributed by atoms with Crippen molar-refractivity contribution in [2.45, 2.75) is 13.0 Å². The van der Waals surface area contributed by atoms with Crippen molar-refractivity contribution < 1.29 is 9.15 Å². The molecule has 16 heavy (non-hydrogen) atoms. The number of nitrogens with two attached hydrogens (primary N) is 1. The molecule has 0 saturated carbocycles. The number of benzene rings is 1. The van der Waals surface area contributed by atoms with Crippen LogP contribution in [0.1, 0.15) is 18.7 Å². The van der Waals surface area contributed by atoms with E-state index in [2.05, 4.69) is 0 Å². The molecule has 0 saturated heterocycles. The Morgan fingerprint density at radius 1 is 1.44 bits per heavy atom. The zero-order valence-corrected chi connectivity index (χ0v) is 9.83. The van der Waals surface area contributed by atoms with E-state index in [1.807, 2.05) is 25.1 Å². The first kappa shape index (κ1) is 11.5. The van der Waals surface area contributed by atoms with Crippen LogP contribution in [0, 0.1) is 0 Å². The molecule has 3 nitrogen and oxygen atoms in total. The molecule has 86 valence electrons. The van der Waals surface area contributed by atoms with Gasteiger partial charge in [-0.25, -0.2) is 0 Å². The maximum Gasteiger partial charge on any atom is 0.134 e. The lowest BCUT2D eigenvalue weighted by atomic mass is 10.2. The molecular formula is C12H14ClNO2. The van der Waals surface area contributed by atoms with Gasteiger partial charge in [0.25, 0.3) is 0 Å². The van der Waals surface area contributed by atoms with Crippen molar-refractivity contribution in [3.8, 4) is 0 Å². The Morgan fingerprint density at radius 2 is 2.25 bits per heavy atom. The number of hydrogen-bond acceptors (Lipinski definition) is 3. The normalized spacial score (nSPS) is 13.2. The molecule has 1 atom stereocenters. The Hall–Kier alpha value is -1.03. The third-order valence-corrected chi connectivity index (χ3v) is 2.60. The van der Waals surface area contributed by atoms with Gasteiger partial charge in [0.2, 0.25) is 0 Å². The van der Waals surface area contributed by atoms with Crippen molar-refractivity contribution in [3.05, 3.63) is 35.0 Å². The lowest BCUT2D eigenvalue weighted by Gasteiger charge is -2.07. The van der Waals surface area contributed by atoms with Gasteiger partial charge in [-0.3, -0.25) is 0 Å². The van der Waals surface area contributed by atoms with Gasteiger partial charge in [0.15, 0.2) is 0 Å². The third kappa shape index (κ3) is 2.38. The minimum absolute atomic E-state index is 0.230. The van der Waals surface area contributed by atoms with Crippen molar-refractivity contribution >= 4 is 22.6 Å². The second-order valence-electron chi connectivity index (χ2n) is 3.60. The van der Waals surface area contributed by atoms with Gasteiger partial charge in [0.05, 0.1) is 12.6 Å². The van der Waals surface area contributed by atoms with Crippen LogP contribution in [0.15, 0.2) is 28.7 Å². The first-order chi connectivity index (χ1) is 7.70. The van der Waals surface area contributed by atoms with E-state index in [0.29, 0.717) is 18.2 Å². The third-order valence-electron chi connectivity index (χ3n) is 2.36. The number of rotatable bonds is 4. The Bertz CT molecular complexity index is 481. The molecule has 2 N–H and O–H groups in total. The van der Waals surface area contributed by atoms with Crippen LogP contribution in [0.3, 0.4) is 0 Å². The fourth-order valence-corrected chi connectivity index (χ4v) is 1.72. The highest BCUT2D eigenvalue weighted by atomic mass is 35.5. The molecule has 0 bridgehead atoms. The smallest absolute Gasteiger partial charge is 0.134 e. The van der Waals surface area contributed by atoms with Gasteiger partial charge in [-0.2, -0.15) is 0 Å². The molecule has 1 aromatic heterocycles. The van der Waals surface area contributed by atoms with Gasteiger partial charge in [-0.05, 0) is 31.2 Å². The molecule has 1 aromatic carbocycles. The van der Waals surface area contributed by atoms with Crippen LogP contribution in [-0.4, -0.2) is 13.2 Å². The lowest BCUT2D eigenvalue weighted by molar-refractivity contribution is 0.128. The van der Waals surface area contributed by atoms with Crippen LogP contribution in [0.25, 0.3) is 11.0 Å². The Kier molecular flexibility index (Phi) is 3.49. The molecule has 1 unspecified atom stereocenters. The number of hydrogen-bond donors (Lipinski definition) is 1. The lowest BCUT2D eigenvalue weighted by Crippen LogP contribution is -2.16. The number of halogens is 1. The van der Waals surface area contributed by atoms with Crippen molar-refractivity contribution in [1.29, 1.82) is 0 Å². The van der Waals surface area contributed by atoms with Crippen molar-refractivity contribution in [1.82, 2.24) is 0 Å². The van der Waals surface area contributed by atoms with Gasteiger partial charge in [0, 0.05) is 17.0 Å². The van der Waals surface area contributed by atoms with Gasteiger partial charge < -0.3 is 14.9 Å². The molecule has 2 aromatic rings. The Balaban J connectivity index is 2.25. The summed E-state index contributed by atoms with van der Waals surface area (Å²) in [6, 6.07) is 7.17. The predicted molar refractivity (Wildman–Crippen MR) is 64.6 cm³/mol. The van der Waals surface area contributed by atoms with Crippen LogP contribution in [-0.2, 0) is 4.74 Å². The van der Waals surface area contributed by atoms with E-state index in [0.717, 1.165) is 16.7 Å². The molecule has 0 aliphatic carbocycles. The molecule has 2 rings (SSSR count). The summed E-state index contributed by atoms with van der Waals surface area (Å²) in [6.07, 6.45) is 0. The van der Waals surface area contributed by atoms with E-state index >= 15 is 0 Å². The van der Waals surface area contributed by atoms with E-state index in [9.17, 15) is 0 Å². The fraction of sp³-hybridized carbons (Fsp3) is 0.333. The highest BCUT2D eigenvalue weighted by Crippen LogP contribution is 2.25. The minimum atomic E-state index is -0.230. The van der Waals surface area contributed by atoms with Gasteiger partial charge in [-0.1, -0.05) is 11.6 Å². The number of furan rings is 1. The molecular weight excluding hydrogens is 226 g/mol. The molecule has 0 fully saturated rings. The summed E-state index contributed by atoms with van der Waals surface area (Å²) in [5, 5.41) is 1.66. The summed E-state index contributed by atoms with van der Waals surface area (Å²) in [5.41, 5.74) is 6.73. The van der Waals surface area contributed by atoms with Crippen LogP contribution in [0.5, 0.6) is 0 Å². The molecule has 0 amide bonds. The second-order valence-corrected chi connectivity index (χ2v) is 4.03. The highest BCUT2D eigenvalue weighted by Gasteiger charge is 2.12. The fourth-order valence-electron chi connectivity index (χ4n) is 1.54. The molecule has 0 radical (unpaired) electrons. The zero-order valence-electron chi connectivity index (χ0n) is 9.07.